The number of carboxylic acids is 1. The topological polar surface area (TPSA) is 475 Å². The minimum atomic E-state index is -1.55. The second-order valence-corrected chi connectivity index (χ2v) is 21.2. The van der Waals surface area contributed by atoms with Gasteiger partial charge in [0.15, 0.2) is 17.3 Å². The zero-order chi connectivity index (χ0) is 60.8. The molecule has 0 bridgehead atoms. The summed E-state index contributed by atoms with van der Waals surface area (Å²) in [6, 6.07) is -0.0733. The molecule has 0 radical (unpaired) electrons. The molecule has 0 aromatic heterocycles. The van der Waals surface area contributed by atoms with Crippen LogP contribution in [0.25, 0.3) is 0 Å². The second kappa shape index (κ2) is 37.6. The maximum absolute atomic E-state index is 14.4. The number of benzene rings is 1. The number of rotatable bonds is 28. The average molecular weight is 1150 g/mol. The van der Waals surface area contributed by atoms with Gasteiger partial charge in [-0.2, -0.15) is 0 Å². The number of aliphatic carboxylic acids is 1. The van der Waals surface area contributed by atoms with Gasteiger partial charge in [0.05, 0.1) is 48.7 Å². The summed E-state index contributed by atoms with van der Waals surface area (Å²) < 4.78 is 0. The van der Waals surface area contributed by atoms with Gasteiger partial charge >= 0.3 is 5.97 Å². The molecule has 2 rings (SSSR count). The summed E-state index contributed by atoms with van der Waals surface area (Å²) in [6.45, 7) is 5.57. The largest absolute Gasteiger partial charge is 0.481 e. The van der Waals surface area contributed by atoms with E-state index in [1.807, 2.05) is 13.8 Å². The molecule has 81 heavy (non-hydrogen) atoms. The lowest BCUT2D eigenvalue weighted by molar-refractivity contribution is -0.139. The van der Waals surface area contributed by atoms with Crippen LogP contribution in [0.4, 0.5) is 0 Å². The zero-order valence-corrected chi connectivity index (χ0v) is 47.3. The molecule has 1 aromatic rings. The van der Waals surface area contributed by atoms with Crippen molar-refractivity contribution >= 4 is 64.7 Å². The Kier molecular flexibility index (Phi) is 32.9. The van der Waals surface area contributed by atoms with Crippen molar-refractivity contribution in [1.82, 2.24) is 42.5 Å². The van der Waals surface area contributed by atoms with Crippen LogP contribution in [0.2, 0.25) is 0 Å². The molecule has 1 saturated heterocycles. The van der Waals surface area contributed by atoms with Gasteiger partial charge in [0.2, 0.25) is 41.4 Å². The van der Waals surface area contributed by atoms with Crippen molar-refractivity contribution in [3.8, 4) is 0 Å². The summed E-state index contributed by atoms with van der Waals surface area (Å²) in [5.41, 5.74) is 30.1. The van der Waals surface area contributed by atoms with Crippen LogP contribution < -0.4 is 71.2 Å². The van der Waals surface area contributed by atoms with Crippen molar-refractivity contribution in [1.29, 1.82) is 0 Å². The Morgan fingerprint density at radius 2 is 1.22 bits per heavy atom. The Labute approximate surface area is 473 Å². The normalized spacial score (nSPS) is 23.2. The number of aliphatic hydroxyl groups is 2. The molecule has 0 spiro atoms. The van der Waals surface area contributed by atoms with E-state index in [0.29, 0.717) is 5.56 Å². The van der Waals surface area contributed by atoms with Crippen molar-refractivity contribution in [2.75, 3.05) is 45.8 Å². The molecule has 1 fully saturated rings. The van der Waals surface area contributed by atoms with Crippen molar-refractivity contribution in [2.45, 2.75) is 166 Å². The first-order valence-electron chi connectivity index (χ1n) is 27.9. The lowest BCUT2D eigenvalue weighted by Crippen LogP contribution is -2.58. The molecule has 12 atom stereocenters. The minimum Gasteiger partial charge on any atom is -0.481 e. The first-order valence-corrected chi connectivity index (χ1v) is 27.9. The summed E-state index contributed by atoms with van der Waals surface area (Å²) in [6.07, 6.45) is -5.37. The van der Waals surface area contributed by atoms with Crippen molar-refractivity contribution < 1.29 is 68.1 Å². The van der Waals surface area contributed by atoms with Crippen LogP contribution in [-0.2, 0) is 59.2 Å². The van der Waals surface area contributed by atoms with E-state index in [1.54, 1.807) is 30.3 Å². The third-order valence-corrected chi connectivity index (χ3v) is 13.8. The maximum atomic E-state index is 14.4. The fraction of sp³-hybridized carbons (Fsp3) is 0.685. The van der Waals surface area contributed by atoms with Crippen molar-refractivity contribution in [3.05, 3.63) is 35.9 Å². The number of Topliss-reactive ketones (excluding diaryl/α,β-unsaturated/α-hetero) is 3. The van der Waals surface area contributed by atoms with Gasteiger partial charge in [0, 0.05) is 44.6 Å². The highest BCUT2D eigenvalue weighted by Gasteiger charge is 2.37. The van der Waals surface area contributed by atoms with Crippen LogP contribution in [0.3, 0.4) is 0 Å². The fourth-order valence-corrected chi connectivity index (χ4v) is 9.23. The third-order valence-electron chi connectivity index (χ3n) is 13.8. The van der Waals surface area contributed by atoms with Crippen LogP contribution >= 0.6 is 0 Å². The zero-order valence-electron chi connectivity index (χ0n) is 47.3. The SMILES string of the molecule is CC(C)C[C@@H]1NC(=O)[C@@H](Cc2ccccc2)NC(=O)[C@H](CCN)NC[C@@H](CC(=O)[C@H](CCN)NC(=O)[C@@H](CC(=O)[C@H](CCN)NC(=O)CCC(=O)O)C(C)O)CCNC(=O)[C@H](C(C)O)NC(=O)[C@H](CCN)CC(=O)[C@H](CCN)NC1=O. The van der Waals surface area contributed by atoms with E-state index in [1.165, 1.54) is 13.8 Å². The predicted molar refractivity (Wildman–Crippen MR) is 299 cm³/mol. The highest BCUT2D eigenvalue weighted by Crippen LogP contribution is 2.19. The standard InChI is InChI=1S/C54H91N13O14/c1-30(2)24-41-52(79)64-39(15-21-58)44(71)27-35(12-18-55)49(76)67-48(32(4)69)54(81)60-23-17-34(29-61-40(16-22-59)51(78)66-42(53(80)65-41)25-33-8-6-5-7-9-33)26-43(70)38(14-20-57)63-50(77)36(31(3)68)28-45(72)37(13-19-56)62-46(73)10-11-47(74)75/h5-9,30-32,34-42,48,61,68-69H,10-29,55-59H2,1-4H3,(H,60,81)(H,62,73)(H,63,77)(H,64,79)(H,65,80)(H,66,78)(H,67,76)(H,74,75)/t31?,32?,34-,35-,36+,37+,38+,39+,40+,41+,42-,48+/m1/s1. The highest BCUT2D eigenvalue weighted by atomic mass is 16.4. The molecule has 1 aromatic carbocycles. The Hall–Kier alpha value is -6.33. The van der Waals surface area contributed by atoms with Gasteiger partial charge < -0.3 is 86.5 Å². The van der Waals surface area contributed by atoms with E-state index >= 15 is 0 Å². The molecule has 1 heterocycles. The second-order valence-electron chi connectivity index (χ2n) is 21.2. The third kappa shape index (κ3) is 26.0. The van der Waals surface area contributed by atoms with Crippen LogP contribution in [0.5, 0.6) is 0 Å². The summed E-state index contributed by atoms with van der Waals surface area (Å²) >= 11 is 0. The van der Waals surface area contributed by atoms with Crippen LogP contribution in [0, 0.1) is 23.7 Å². The van der Waals surface area contributed by atoms with Gasteiger partial charge in [0.25, 0.3) is 0 Å². The molecule has 1 aliphatic heterocycles. The van der Waals surface area contributed by atoms with Gasteiger partial charge in [-0.1, -0.05) is 44.2 Å². The van der Waals surface area contributed by atoms with Gasteiger partial charge in [-0.25, -0.2) is 0 Å². The molecule has 456 valence electrons. The van der Waals surface area contributed by atoms with Crippen LogP contribution in [0.15, 0.2) is 30.3 Å². The minimum absolute atomic E-state index is 0.000860. The van der Waals surface area contributed by atoms with Crippen molar-refractivity contribution in [3.63, 3.8) is 0 Å². The van der Waals surface area contributed by atoms with Gasteiger partial charge in [-0.3, -0.25) is 52.7 Å². The van der Waals surface area contributed by atoms with E-state index < -0.39 is 163 Å². The number of carbonyl (C=O) groups is 11. The number of carboxylic acid groups (broad SMARTS) is 1. The number of aliphatic hydroxyl groups excluding tert-OH is 2. The lowest BCUT2D eigenvalue weighted by atomic mass is 9.90. The number of amides is 7. The molecule has 27 heteroatoms. The Morgan fingerprint density at radius 3 is 1.79 bits per heavy atom. The first kappa shape index (κ1) is 70.8. The maximum Gasteiger partial charge on any atom is 0.303 e. The van der Waals surface area contributed by atoms with Crippen LogP contribution in [-0.4, -0.2) is 180 Å². The number of ketones is 3. The Balaban J connectivity index is 2.67. The first-order chi connectivity index (χ1) is 38.4. The van der Waals surface area contributed by atoms with E-state index in [-0.39, 0.29) is 110 Å². The molecule has 0 aliphatic carbocycles. The van der Waals surface area contributed by atoms with E-state index in [4.69, 9.17) is 33.8 Å². The smallest absolute Gasteiger partial charge is 0.303 e. The molecular weight excluding hydrogens is 1050 g/mol. The summed E-state index contributed by atoms with van der Waals surface area (Å²) in [5, 5.41) is 52.2. The predicted octanol–water partition coefficient (Wildman–Crippen LogP) is -4.24. The average Bonchev–Trinajstić information content (AvgIpc) is 3.42. The number of nitrogens with two attached hydrogens (primary N) is 5. The summed E-state index contributed by atoms with van der Waals surface area (Å²) in [4.78, 5) is 150. The number of hydrogen-bond acceptors (Lipinski definition) is 19. The van der Waals surface area contributed by atoms with Gasteiger partial charge in [-0.15, -0.1) is 0 Å². The van der Waals surface area contributed by atoms with E-state index in [9.17, 15) is 63.0 Å². The molecular formula is C54H91N13O14. The Bertz CT molecular complexity index is 2220. The van der Waals surface area contributed by atoms with E-state index in [2.05, 4.69) is 42.5 Å². The number of hydrogen-bond donors (Lipinski definition) is 16. The fourth-order valence-electron chi connectivity index (χ4n) is 9.23. The number of nitrogens with one attached hydrogen (secondary N) is 8. The quantitative estimate of drug-likeness (QED) is 0.0378. The van der Waals surface area contributed by atoms with Crippen LogP contribution in [0.1, 0.15) is 110 Å². The van der Waals surface area contributed by atoms with Gasteiger partial charge in [0.1, 0.15) is 18.1 Å². The van der Waals surface area contributed by atoms with Gasteiger partial charge in [-0.05, 0) is 115 Å². The Morgan fingerprint density at radius 1 is 0.654 bits per heavy atom. The highest BCUT2D eigenvalue weighted by molar-refractivity contribution is 5.98. The summed E-state index contributed by atoms with van der Waals surface area (Å²) in [5.74, 6) is -12.0. The lowest BCUT2D eigenvalue weighted by Gasteiger charge is -2.28. The molecule has 21 N–H and O–H groups in total. The summed E-state index contributed by atoms with van der Waals surface area (Å²) in [7, 11) is 0. The number of carbonyl (C=O) groups excluding carboxylic acids is 10. The molecule has 1 aliphatic rings. The molecule has 0 saturated carbocycles. The molecule has 7 amide bonds. The van der Waals surface area contributed by atoms with E-state index in [0.717, 1.165) is 0 Å². The molecule has 2 unspecified atom stereocenters. The molecule has 27 nitrogen and oxygen atoms in total. The van der Waals surface area contributed by atoms with Crippen molar-refractivity contribution in [2.24, 2.45) is 52.3 Å². The monoisotopic (exact) mass is 1150 g/mol.